The van der Waals surface area contributed by atoms with Crippen LogP contribution in [0.4, 0.5) is 0 Å². The summed E-state index contributed by atoms with van der Waals surface area (Å²) in [4.78, 5) is 15.8. The molecule has 2 unspecified atom stereocenters. The number of nitriles is 1. The van der Waals surface area contributed by atoms with Gasteiger partial charge >= 0.3 is 0 Å². The van der Waals surface area contributed by atoms with Crippen molar-refractivity contribution in [2.75, 3.05) is 0 Å². The van der Waals surface area contributed by atoms with Gasteiger partial charge in [-0.15, -0.1) is 0 Å². The zero-order valence-corrected chi connectivity index (χ0v) is 36.4. The Kier molecular flexibility index (Phi) is 10.4. The molecular weight excluding hydrogens is 765 g/mol. The molecule has 0 amide bonds. The van der Waals surface area contributed by atoms with Gasteiger partial charge in [0, 0.05) is 22.3 Å². The Hall–Kier alpha value is -6.96. The lowest BCUT2D eigenvalue weighted by Gasteiger charge is -2.50. The van der Waals surface area contributed by atoms with E-state index in [2.05, 4.69) is 178 Å². The molecule has 4 heteroatoms. The molecular formula is C59H52N4. The summed E-state index contributed by atoms with van der Waals surface area (Å²) in [6, 6.07) is 58.4. The van der Waals surface area contributed by atoms with Gasteiger partial charge in [-0.2, -0.15) is 5.26 Å². The number of rotatable bonds is 9. The van der Waals surface area contributed by atoms with Crippen LogP contribution in [0.15, 0.2) is 188 Å². The first-order valence-corrected chi connectivity index (χ1v) is 22.5. The summed E-state index contributed by atoms with van der Waals surface area (Å²) in [5.41, 5.74) is 13.1. The van der Waals surface area contributed by atoms with Gasteiger partial charge in [0.05, 0.1) is 11.5 Å². The number of allylic oxidation sites excluding steroid dienone is 5. The molecule has 0 N–H and O–H groups in total. The second-order valence-corrected chi connectivity index (χ2v) is 18.5. The first-order valence-electron chi connectivity index (χ1n) is 22.5. The predicted octanol–water partition coefficient (Wildman–Crippen LogP) is 14.4. The molecule has 2 bridgehead atoms. The lowest BCUT2D eigenvalue weighted by Crippen LogP contribution is -2.42. The maximum absolute atomic E-state index is 10.0. The van der Waals surface area contributed by atoms with Crippen LogP contribution in [-0.2, 0) is 10.8 Å². The summed E-state index contributed by atoms with van der Waals surface area (Å²) in [7, 11) is 0. The minimum atomic E-state index is -0.718. The largest absolute Gasteiger partial charge is 0.208 e. The van der Waals surface area contributed by atoms with Crippen molar-refractivity contribution in [3.63, 3.8) is 0 Å². The lowest BCUT2D eigenvalue weighted by molar-refractivity contribution is 0.0780. The Morgan fingerprint density at radius 1 is 0.587 bits per heavy atom. The zero-order chi connectivity index (χ0) is 43.1. The Labute approximate surface area is 372 Å². The van der Waals surface area contributed by atoms with Crippen LogP contribution in [-0.4, -0.2) is 15.0 Å². The minimum Gasteiger partial charge on any atom is -0.208 e. The topological polar surface area (TPSA) is 62.5 Å². The van der Waals surface area contributed by atoms with E-state index in [4.69, 9.17) is 15.0 Å². The van der Waals surface area contributed by atoms with E-state index in [0.717, 1.165) is 79.0 Å². The second kappa shape index (κ2) is 16.4. The predicted molar refractivity (Wildman–Crippen MR) is 257 cm³/mol. The first-order chi connectivity index (χ1) is 30.8. The van der Waals surface area contributed by atoms with Gasteiger partial charge in [0.25, 0.3) is 0 Å². The van der Waals surface area contributed by atoms with E-state index < -0.39 is 5.41 Å². The van der Waals surface area contributed by atoms with Crippen molar-refractivity contribution in [3.8, 4) is 51.4 Å². The van der Waals surface area contributed by atoms with Gasteiger partial charge in [0.15, 0.2) is 17.5 Å². The first kappa shape index (κ1) is 40.1. The quantitative estimate of drug-likeness (QED) is 0.136. The average Bonchev–Trinajstić information content (AvgIpc) is 3.60. The van der Waals surface area contributed by atoms with Crippen LogP contribution in [0.25, 0.3) is 50.9 Å². The SMILES string of the molecule is C=CC1=C(/C=C(\C)C#N)c2ccc(-c3nc(-c4ccc(-c5ccccc5)cc4)nc(-c4ccc(C56CC(C[C@@H](C)C5)C[C@H](C)C6)cc4)n3)cc2C1(c1ccccc1)c1ccccc1. The van der Waals surface area contributed by atoms with Gasteiger partial charge in [0.1, 0.15) is 0 Å². The molecule has 3 aliphatic carbocycles. The van der Waals surface area contributed by atoms with Crippen molar-refractivity contribution in [1.82, 2.24) is 15.0 Å². The van der Waals surface area contributed by atoms with Gasteiger partial charge in [-0.25, -0.2) is 15.0 Å². The van der Waals surface area contributed by atoms with Crippen molar-refractivity contribution < 1.29 is 0 Å². The summed E-state index contributed by atoms with van der Waals surface area (Å²) in [5.74, 6) is 4.17. The third kappa shape index (κ3) is 7.16. The molecule has 4 nitrogen and oxygen atoms in total. The molecule has 6 aromatic carbocycles. The summed E-state index contributed by atoms with van der Waals surface area (Å²) in [6.45, 7) is 11.2. The lowest BCUT2D eigenvalue weighted by atomic mass is 9.54. The number of fused-ring (bicyclic) bond motifs is 3. The molecule has 2 fully saturated rings. The molecule has 3 aliphatic rings. The standard InChI is InChI=1S/C59H52N4/c1-5-53-52(33-41(4)38-60)51-30-27-47(34-54(51)59(53,49-17-11-7-12-18-49)50-19-13-8-14-20-50)57-62-55(45-23-21-44(22-24-45)43-15-9-6-10-16-43)61-56(63-57)46-25-28-48(29-26-46)58-35-39(2)31-42(37-58)32-40(3)36-58/h5-30,33-34,39-40,42H,1,31-32,35-37H2,2-4H3/b41-33+/t39-,40+,42?,58?. The number of aromatic nitrogens is 3. The van der Waals surface area contributed by atoms with Crippen molar-refractivity contribution in [2.45, 2.75) is 63.7 Å². The fourth-order valence-corrected chi connectivity index (χ4v) is 11.8. The third-order valence-electron chi connectivity index (χ3n) is 14.1. The average molecular weight is 817 g/mol. The number of hydrogen-bond donors (Lipinski definition) is 0. The molecule has 4 atom stereocenters. The Bertz CT molecular complexity index is 2860. The van der Waals surface area contributed by atoms with Gasteiger partial charge in [-0.1, -0.05) is 178 Å². The van der Waals surface area contributed by atoms with Crippen LogP contribution in [0.5, 0.6) is 0 Å². The van der Waals surface area contributed by atoms with Gasteiger partial charge in [0.2, 0.25) is 0 Å². The van der Waals surface area contributed by atoms with Crippen molar-refractivity contribution >= 4 is 5.57 Å². The summed E-state index contributed by atoms with van der Waals surface area (Å²) in [5, 5.41) is 10.0. The van der Waals surface area contributed by atoms with E-state index in [1.807, 2.05) is 25.1 Å². The summed E-state index contributed by atoms with van der Waals surface area (Å²) in [6.07, 6.45) is 10.5. The maximum Gasteiger partial charge on any atom is 0.164 e. The highest BCUT2D eigenvalue weighted by Crippen LogP contribution is 2.57. The van der Waals surface area contributed by atoms with Crippen LogP contribution in [0.3, 0.4) is 0 Å². The minimum absolute atomic E-state index is 0.237. The fourth-order valence-electron chi connectivity index (χ4n) is 11.8. The molecule has 308 valence electrons. The third-order valence-corrected chi connectivity index (χ3v) is 14.1. The molecule has 0 aliphatic heterocycles. The zero-order valence-electron chi connectivity index (χ0n) is 36.4. The Balaban J connectivity index is 1.15. The van der Waals surface area contributed by atoms with Gasteiger partial charge < -0.3 is 0 Å². The van der Waals surface area contributed by atoms with E-state index in [0.29, 0.717) is 23.0 Å². The Morgan fingerprint density at radius 3 is 1.60 bits per heavy atom. The molecule has 1 aromatic heterocycles. The Morgan fingerprint density at radius 2 is 1.06 bits per heavy atom. The monoisotopic (exact) mass is 816 g/mol. The van der Waals surface area contributed by atoms with Crippen LogP contribution in [0, 0.1) is 29.1 Å². The van der Waals surface area contributed by atoms with Crippen molar-refractivity contribution in [3.05, 3.63) is 215 Å². The van der Waals surface area contributed by atoms with E-state index in [9.17, 15) is 5.26 Å². The maximum atomic E-state index is 10.0. The molecule has 0 spiro atoms. The number of nitrogens with zero attached hydrogens (tertiary/aromatic N) is 4. The van der Waals surface area contributed by atoms with Crippen molar-refractivity contribution in [2.24, 2.45) is 17.8 Å². The molecule has 63 heavy (non-hydrogen) atoms. The highest BCUT2D eigenvalue weighted by molar-refractivity contribution is 5.93. The van der Waals surface area contributed by atoms with Crippen LogP contribution < -0.4 is 0 Å². The van der Waals surface area contributed by atoms with Crippen LogP contribution in [0.2, 0.25) is 0 Å². The molecule has 2 saturated carbocycles. The smallest absolute Gasteiger partial charge is 0.164 e. The molecule has 7 aromatic rings. The van der Waals surface area contributed by atoms with E-state index in [1.54, 1.807) is 0 Å². The van der Waals surface area contributed by atoms with E-state index >= 15 is 0 Å². The van der Waals surface area contributed by atoms with Gasteiger partial charge in [-0.3, -0.25) is 0 Å². The highest BCUT2D eigenvalue weighted by atomic mass is 15.0. The van der Waals surface area contributed by atoms with Gasteiger partial charge in [-0.05, 0) is 124 Å². The number of hydrogen-bond acceptors (Lipinski definition) is 4. The second-order valence-electron chi connectivity index (χ2n) is 18.5. The number of benzene rings is 6. The van der Waals surface area contributed by atoms with E-state index in [1.165, 1.54) is 37.7 Å². The van der Waals surface area contributed by atoms with Crippen LogP contribution >= 0.6 is 0 Å². The fraction of sp³-hybridized carbons (Fsp3) is 0.220. The van der Waals surface area contributed by atoms with Crippen LogP contribution in [0.1, 0.15) is 80.7 Å². The highest BCUT2D eigenvalue weighted by Gasteiger charge is 2.47. The normalized spacial score (nSPS) is 21.4. The van der Waals surface area contributed by atoms with E-state index in [-0.39, 0.29) is 5.41 Å². The molecule has 0 saturated heterocycles. The summed E-state index contributed by atoms with van der Waals surface area (Å²) < 4.78 is 0. The molecule has 0 radical (unpaired) electrons. The molecule has 10 rings (SSSR count). The summed E-state index contributed by atoms with van der Waals surface area (Å²) >= 11 is 0. The molecule has 1 heterocycles. The van der Waals surface area contributed by atoms with Crippen molar-refractivity contribution in [1.29, 1.82) is 5.26 Å².